The maximum atomic E-state index is 12.1. The molecular formula is C16H19ClN2O4S. The van der Waals surface area contributed by atoms with Gasteiger partial charge >= 0.3 is 5.97 Å². The molecule has 0 radical (unpaired) electrons. The molecule has 0 aliphatic rings. The monoisotopic (exact) mass is 370 g/mol. The second-order valence-corrected chi connectivity index (χ2v) is 5.71. The van der Waals surface area contributed by atoms with Crippen LogP contribution in [0.4, 0.5) is 5.69 Å². The number of hydrogen-bond donors (Lipinski definition) is 2. The number of hydrogen-bond acceptors (Lipinski definition) is 6. The maximum absolute atomic E-state index is 12.1. The molecule has 2 aromatic rings. The number of nitrogens with two attached hydrogens (primary N) is 1. The van der Waals surface area contributed by atoms with Crippen LogP contribution in [0.2, 0.25) is 0 Å². The highest BCUT2D eigenvalue weighted by Gasteiger charge is 2.10. The van der Waals surface area contributed by atoms with Gasteiger partial charge in [-0.1, -0.05) is 12.1 Å². The van der Waals surface area contributed by atoms with Gasteiger partial charge in [0.2, 0.25) is 0 Å². The third-order valence-corrected chi connectivity index (χ3v) is 4.00. The lowest BCUT2D eigenvalue weighted by Gasteiger charge is -2.06. The fourth-order valence-corrected chi connectivity index (χ4v) is 2.66. The largest absolute Gasteiger partial charge is 0.468 e. The first-order valence-electron chi connectivity index (χ1n) is 6.94. The number of nitrogens with one attached hydrogen (secondary N) is 1. The average Bonchev–Trinajstić information content (AvgIpc) is 3.04. The van der Waals surface area contributed by atoms with E-state index in [0.29, 0.717) is 28.5 Å². The number of benzene rings is 1. The van der Waals surface area contributed by atoms with E-state index in [2.05, 4.69) is 10.1 Å². The molecule has 0 aliphatic carbocycles. The first-order valence-corrected chi connectivity index (χ1v) is 8.10. The lowest BCUT2D eigenvalue weighted by atomic mass is 10.2. The number of methoxy groups -OCH3 is 1. The molecule has 24 heavy (non-hydrogen) atoms. The fourth-order valence-electron chi connectivity index (χ4n) is 1.86. The van der Waals surface area contributed by atoms with Crippen LogP contribution in [0.3, 0.4) is 0 Å². The molecule has 130 valence electrons. The molecule has 0 bridgehead atoms. The van der Waals surface area contributed by atoms with Gasteiger partial charge in [-0.25, -0.2) is 0 Å². The first-order chi connectivity index (χ1) is 11.1. The number of anilines is 1. The molecule has 1 aromatic carbocycles. The van der Waals surface area contributed by atoms with Crippen LogP contribution in [-0.2, 0) is 21.8 Å². The minimum absolute atomic E-state index is 0. The Morgan fingerprint density at radius 1 is 1.33 bits per heavy atom. The summed E-state index contributed by atoms with van der Waals surface area (Å²) >= 11 is 1.45. The summed E-state index contributed by atoms with van der Waals surface area (Å²) in [5.74, 6) is 0.997. The number of carbonyl (C=O) groups is 2. The predicted octanol–water partition coefficient (Wildman–Crippen LogP) is 2.82. The van der Waals surface area contributed by atoms with Crippen molar-refractivity contribution >= 4 is 41.7 Å². The van der Waals surface area contributed by atoms with Crippen LogP contribution in [0.1, 0.15) is 21.7 Å². The molecule has 8 heteroatoms. The van der Waals surface area contributed by atoms with Crippen molar-refractivity contribution in [1.29, 1.82) is 0 Å². The van der Waals surface area contributed by atoms with Crippen LogP contribution in [0, 0.1) is 0 Å². The Labute approximate surface area is 150 Å². The van der Waals surface area contributed by atoms with Gasteiger partial charge in [0, 0.05) is 11.4 Å². The smallest absolute Gasteiger partial charge is 0.315 e. The van der Waals surface area contributed by atoms with E-state index in [4.69, 9.17) is 10.2 Å². The Morgan fingerprint density at radius 2 is 2.12 bits per heavy atom. The van der Waals surface area contributed by atoms with Gasteiger partial charge in [0.15, 0.2) is 0 Å². The normalized spacial score (nSPS) is 9.92. The average molecular weight is 371 g/mol. The summed E-state index contributed by atoms with van der Waals surface area (Å²) in [6, 6.07) is 9.07. The van der Waals surface area contributed by atoms with Crippen LogP contribution in [0.15, 0.2) is 41.0 Å². The van der Waals surface area contributed by atoms with Gasteiger partial charge in [0.05, 0.1) is 25.0 Å². The molecule has 1 amide bonds. The molecule has 1 heterocycles. The van der Waals surface area contributed by atoms with Gasteiger partial charge < -0.3 is 20.2 Å². The van der Waals surface area contributed by atoms with E-state index in [-0.39, 0.29) is 30.8 Å². The van der Waals surface area contributed by atoms with Crippen LogP contribution in [0.25, 0.3) is 0 Å². The van der Waals surface area contributed by atoms with Crippen molar-refractivity contribution in [3.8, 4) is 0 Å². The molecule has 0 saturated carbocycles. The molecular weight excluding hydrogens is 352 g/mol. The Kier molecular flexibility index (Phi) is 8.39. The summed E-state index contributed by atoms with van der Waals surface area (Å²) in [5, 5.41) is 2.81. The fraction of sp³-hybridized carbons (Fsp3) is 0.250. The summed E-state index contributed by atoms with van der Waals surface area (Å²) in [5.41, 5.74) is 7.57. The van der Waals surface area contributed by atoms with Crippen molar-refractivity contribution in [2.45, 2.75) is 12.3 Å². The minimum atomic E-state index is -0.257. The molecule has 0 atom stereocenters. The Bertz CT molecular complexity index is 690. The molecule has 6 nitrogen and oxygen atoms in total. The highest BCUT2D eigenvalue weighted by atomic mass is 35.5. The molecule has 0 fully saturated rings. The second kappa shape index (κ2) is 10.0. The van der Waals surface area contributed by atoms with E-state index in [0.717, 1.165) is 5.56 Å². The molecule has 0 spiro atoms. The van der Waals surface area contributed by atoms with E-state index in [1.807, 2.05) is 18.2 Å². The predicted molar refractivity (Wildman–Crippen MR) is 96.4 cm³/mol. The number of esters is 1. The highest BCUT2D eigenvalue weighted by molar-refractivity contribution is 7.99. The van der Waals surface area contributed by atoms with Gasteiger partial charge in [-0.15, -0.1) is 24.2 Å². The van der Waals surface area contributed by atoms with Gasteiger partial charge in [-0.2, -0.15) is 0 Å². The zero-order valence-electron chi connectivity index (χ0n) is 13.1. The molecule has 0 saturated heterocycles. The Hall–Kier alpha value is -1.96. The summed E-state index contributed by atoms with van der Waals surface area (Å²) in [7, 11) is 1.37. The van der Waals surface area contributed by atoms with Gasteiger partial charge in [-0.3, -0.25) is 9.59 Å². The standard InChI is InChI=1S/C16H18N2O4S.ClH/c1-21-15(19)10-23-9-11-3-2-4-13(5-11)18-16(20)12-6-14(7-17)22-8-12;/h2-6,8H,7,9-10,17H2,1H3,(H,18,20);1H. The zero-order chi connectivity index (χ0) is 16.7. The van der Waals surface area contributed by atoms with Crippen molar-refractivity contribution in [3.63, 3.8) is 0 Å². The van der Waals surface area contributed by atoms with E-state index in [9.17, 15) is 9.59 Å². The van der Waals surface area contributed by atoms with Crippen molar-refractivity contribution < 1.29 is 18.7 Å². The van der Waals surface area contributed by atoms with Gasteiger partial charge in [0.25, 0.3) is 5.91 Å². The van der Waals surface area contributed by atoms with Crippen LogP contribution in [0.5, 0.6) is 0 Å². The van der Waals surface area contributed by atoms with Crippen molar-refractivity contribution in [3.05, 3.63) is 53.5 Å². The first kappa shape index (κ1) is 20.1. The SMILES string of the molecule is COC(=O)CSCc1cccc(NC(=O)c2coc(CN)c2)c1.Cl. The molecule has 1 aromatic heterocycles. The summed E-state index contributed by atoms with van der Waals surface area (Å²) < 4.78 is 9.74. The van der Waals surface area contributed by atoms with E-state index in [1.54, 1.807) is 12.1 Å². The number of furan rings is 1. The summed E-state index contributed by atoms with van der Waals surface area (Å²) in [6.07, 6.45) is 1.38. The Morgan fingerprint density at radius 3 is 2.79 bits per heavy atom. The van der Waals surface area contributed by atoms with Gasteiger partial charge in [0.1, 0.15) is 12.0 Å². The maximum Gasteiger partial charge on any atom is 0.315 e. The van der Waals surface area contributed by atoms with Crippen molar-refractivity contribution in [2.24, 2.45) is 5.73 Å². The number of thioether (sulfide) groups is 1. The van der Waals surface area contributed by atoms with Crippen LogP contribution < -0.4 is 11.1 Å². The number of carbonyl (C=O) groups excluding carboxylic acids is 2. The number of rotatable bonds is 7. The van der Waals surface area contributed by atoms with Crippen molar-refractivity contribution in [2.75, 3.05) is 18.2 Å². The van der Waals surface area contributed by atoms with E-state index >= 15 is 0 Å². The van der Waals surface area contributed by atoms with E-state index in [1.165, 1.54) is 25.1 Å². The van der Waals surface area contributed by atoms with Gasteiger partial charge in [-0.05, 0) is 23.8 Å². The van der Waals surface area contributed by atoms with E-state index < -0.39 is 0 Å². The third-order valence-electron chi connectivity index (χ3n) is 3.02. The van der Waals surface area contributed by atoms with Crippen LogP contribution in [-0.4, -0.2) is 24.7 Å². The highest BCUT2D eigenvalue weighted by Crippen LogP contribution is 2.18. The molecule has 0 aliphatic heterocycles. The second-order valence-electron chi connectivity index (χ2n) is 4.73. The number of halogens is 1. The zero-order valence-corrected chi connectivity index (χ0v) is 14.7. The van der Waals surface area contributed by atoms with Crippen LogP contribution >= 0.6 is 24.2 Å². The molecule has 3 N–H and O–H groups in total. The lowest BCUT2D eigenvalue weighted by Crippen LogP contribution is -2.11. The topological polar surface area (TPSA) is 94.6 Å². The molecule has 2 rings (SSSR count). The summed E-state index contributed by atoms with van der Waals surface area (Å²) in [4.78, 5) is 23.2. The third kappa shape index (κ3) is 5.92. The van der Waals surface area contributed by atoms with Crippen molar-refractivity contribution in [1.82, 2.24) is 0 Å². The lowest BCUT2D eigenvalue weighted by molar-refractivity contribution is -0.137. The number of amides is 1. The Balaban J connectivity index is 0.00000288. The summed E-state index contributed by atoms with van der Waals surface area (Å²) in [6.45, 7) is 0.250. The quantitative estimate of drug-likeness (QED) is 0.728. The minimum Gasteiger partial charge on any atom is -0.468 e. The number of ether oxygens (including phenoxy) is 1. The molecule has 0 unspecified atom stereocenters.